The lowest BCUT2D eigenvalue weighted by atomic mass is 9.95. The van der Waals surface area contributed by atoms with Gasteiger partial charge in [0.15, 0.2) is 5.78 Å². The Bertz CT molecular complexity index is 910. The lowest BCUT2D eigenvalue weighted by molar-refractivity contribution is -0.0166. The topological polar surface area (TPSA) is 54.5 Å². The van der Waals surface area contributed by atoms with Gasteiger partial charge >= 0.3 is 0 Å². The summed E-state index contributed by atoms with van der Waals surface area (Å²) in [5.74, 6) is -4.17. The highest BCUT2D eigenvalue weighted by Crippen LogP contribution is 2.36. The molecule has 1 aliphatic rings. The molecule has 7 heteroatoms. The first kappa shape index (κ1) is 21.3. The van der Waals surface area contributed by atoms with Gasteiger partial charge in [-0.15, -0.1) is 0 Å². The van der Waals surface area contributed by atoms with Gasteiger partial charge in [0.1, 0.15) is 0 Å². The number of benzene rings is 2. The van der Waals surface area contributed by atoms with E-state index in [4.69, 9.17) is 0 Å². The van der Waals surface area contributed by atoms with E-state index in [1.54, 1.807) is 30.3 Å². The molecule has 4 nitrogen and oxygen atoms in total. The highest BCUT2D eigenvalue weighted by molar-refractivity contribution is 9.09. The van der Waals surface area contributed by atoms with Crippen LogP contribution in [0.1, 0.15) is 62.3 Å². The molecular weight excluding hydrogens is 444 g/mol. The molecule has 3 rings (SSSR count). The molecule has 0 saturated heterocycles. The minimum Gasteiger partial charge on any atom is -0.293 e. The summed E-state index contributed by atoms with van der Waals surface area (Å²) in [6.07, 6.45) is 0.704. The SMILES string of the molecule is O=C(CBr)c1ccccc1C(F)(F)CCCCCN1C(=O)c2ccccc2C1=O. The summed E-state index contributed by atoms with van der Waals surface area (Å²) < 4.78 is 29.3. The number of Topliss-reactive ketones (excluding diaryl/α,β-unsaturated/α-hetero) is 1. The lowest BCUT2D eigenvalue weighted by Gasteiger charge is -2.20. The third-order valence-corrected chi connectivity index (χ3v) is 5.50. The fraction of sp³-hybridized carbons (Fsp3) is 0.318. The molecule has 0 atom stereocenters. The van der Waals surface area contributed by atoms with Gasteiger partial charge in [-0.25, -0.2) is 8.78 Å². The van der Waals surface area contributed by atoms with Crippen LogP contribution in [0.4, 0.5) is 8.78 Å². The molecule has 2 amide bonds. The number of nitrogens with zero attached hydrogens (tertiary/aromatic N) is 1. The molecule has 1 aliphatic heterocycles. The van der Waals surface area contributed by atoms with Gasteiger partial charge < -0.3 is 0 Å². The Balaban J connectivity index is 1.53. The zero-order chi connectivity index (χ0) is 21.0. The molecule has 0 aliphatic carbocycles. The Morgan fingerprint density at radius 1 is 0.897 bits per heavy atom. The van der Waals surface area contributed by atoms with Crippen LogP contribution in [0.3, 0.4) is 0 Å². The molecule has 0 unspecified atom stereocenters. The standard InChI is InChI=1S/C22H20BrF2NO3/c23-14-19(27)17-10-4-5-11-18(17)22(24,25)12-6-1-7-13-26-20(28)15-8-2-3-9-16(15)21(26)29/h2-5,8-11H,1,6-7,12-14H2. The molecule has 0 bridgehead atoms. The number of unbranched alkanes of at least 4 members (excludes halogenated alkanes) is 2. The number of halogens is 3. The molecule has 2 aromatic rings. The van der Waals surface area contributed by atoms with Gasteiger partial charge in [0, 0.05) is 24.1 Å². The van der Waals surface area contributed by atoms with Gasteiger partial charge in [-0.3, -0.25) is 19.3 Å². The summed E-state index contributed by atoms with van der Waals surface area (Å²) in [6.45, 7) is 0.205. The monoisotopic (exact) mass is 463 g/mol. The Morgan fingerprint density at radius 2 is 1.48 bits per heavy atom. The Hall–Kier alpha value is -2.41. The minimum atomic E-state index is -3.12. The second-order valence-corrected chi connectivity index (χ2v) is 7.49. The van der Waals surface area contributed by atoms with Crippen LogP contribution in [0.25, 0.3) is 0 Å². The van der Waals surface area contributed by atoms with Crippen molar-refractivity contribution in [3.8, 4) is 0 Å². The molecule has 0 fully saturated rings. The summed E-state index contributed by atoms with van der Waals surface area (Å²) >= 11 is 3.02. The Morgan fingerprint density at radius 3 is 2.10 bits per heavy atom. The largest absolute Gasteiger partial charge is 0.293 e. The fourth-order valence-electron chi connectivity index (χ4n) is 3.49. The van der Waals surface area contributed by atoms with Crippen molar-refractivity contribution in [1.29, 1.82) is 0 Å². The van der Waals surface area contributed by atoms with E-state index in [1.807, 2.05) is 0 Å². The second kappa shape index (κ2) is 8.95. The molecule has 0 aromatic heterocycles. The van der Waals surface area contributed by atoms with Crippen molar-refractivity contribution in [1.82, 2.24) is 4.90 Å². The lowest BCUT2D eigenvalue weighted by Crippen LogP contribution is -2.30. The summed E-state index contributed by atoms with van der Waals surface area (Å²) in [7, 11) is 0. The average Bonchev–Trinajstić information content (AvgIpc) is 2.98. The van der Waals surface area contributed by atoms with Gasteiger partial charge in [0.25, 0.3) is 17.7 Å². The summed E-state index contributed by atoms with van der Waals surface area (Å²) in [4.78, 5) is 37.7. The van der Waals surface area contributed by atoms with Crippen LogP contribution in [0.2, 0.25) is 0 Å². The predicted molar refractivity (Wildman–Crippen MR) is 109 cm³/mol. The first-order valence-electron chi connectivity index (χ1n) is 9.38. The number of carbonyl (C=O) groups is 3. The number of imide groups is 1. The van der Waals surface area contributed by atoms with Crippen molar-refractivity contribution in [3.63, 3.8) is 0 Å². The fourth-order valence-corrected chi connectivity index (χ4v) is 3.79. The normalized spacial score (nSPS) is 13.7. The van der Waals surface area contributed by atoms with E-state index in [0.717, 1.165) is 0 Å². The summed E-state index contributed by atoms with van der Waals surface area (Å²) in [6, 6.07) is 12.4. The van der Waals surface area contributed by atoms with Crippen molar-refractivity contribution < 1.29 is 23.2 Å². The van der Waals surface area contributed by atoms with E-state index in [2.05, 4.69) is 15.9 Å². The molecule has 0 spiro atoms. The van der Waals surface area contributed by atoms with Crippen LogP contribution in [0.15, 0.2) is 48.5 Å². The Kier molecular flexibility index (Phi) is 6.57. The first-order valence-corrected chi connectivity index (χ1v) is 10.5. The van der Waals surface area contributed by atoms with Gasteiger partial charge in [0.05, 0.1) is 16.5 Å². The van der Waals surface area contributed by atoms with E-state index in [9.17, 15) is 23.2 Å². The van der Waals surface area contributed by atoms with E-state index in [-0.39, 0.29) is 47.0 Å². The van der Waals surface area contributed by atoms with Gasteiger partial charge in [0.2, 0.25) is 0 Å². The molecule has 0 radical (unpaired) electrons. The van der Waals surface area contributed by atoms with Crippen LogP contribution >= 0.6 is 15.9 Å². The quantitative estimate of drug-likeness (QED) is 0.222. The van der Waals surface area contributed by atoms with Gasteiger partial charge in [-0.2, -0.15) is 0 Å². The summed E-state index contributed by atoms with van der Waals surface area (Å²) in [5.41, 5.74) is 0.541. The smallest absolute Gasteiger partial charge is 0.273 e. The number of carbonyl (C=O) groups excluding carboxylic acids is 3. The van der Waals surface area contributed by atoms with Crippen LogP contribution < -0.4 is 0 Å². The second-order valence-electron chi connectivity index (χ2n) is 6.93. The van der Waals surface area contributed by atoms with E-state index >= 15 is 0 Å². The van der Waals surface area contributed by atoms with Crippen LogP contribution in [-0.4, -0.2) is 34.4 Å². The Labute approximate surface area is 176 Å². The average molecular weight is 464 g/mol. The highest BCUT2D eigenvalue weighted by Gasteiger charge is 2.36. The zero-order valence-corrected chi connectivity index (χ0v) is 17.3. The number of hydrogen-bond donors (Lipinski definition) is 0. The number of fused-ring (bicyclic) bond motifs is 1. The van der Waals surface area contributed by atoms with Crippen LogP contribution in [0.5, 0.6) is 0 Å². The number of alkyl halides is 3. The summed E-state index contributed by atoms with van der Waals surface area (Å²) in [5, 5.41) is -0.0135. The van der Waals surface area contributed by atoms with Crippen molar-refractivity contribution in [2.24, 2.45) is 0 Å². The maximum atomic E-state index is 14.7. The van der Waals surface area contributed by atoms with Crippen molar-refractivity contribution in [3.05, 3.63) is 70.8 Å². The maximum absolute atomic E-state index is 14.7. The van der Waals surface area contributed by atoms with Gasteiger partial charge in [-0.1, -0.05) is 58.7 Å². The minimum absolute atomic E-state index is 0.0135. The molecule has 0 N–H and O–H groups in total. The van der Waals surface area contributed by atoms with Crippen molar-refractivity contribution in [2.75, 3.05) is 11.9 Å². The molecule has 1 heterocycles. The van der Waals surface area contributed by atoms with E-state index in [1.165, 1.54) is 23.1 Å². The molecule has 0 saturated carbocycles. The third-order valence-electron chi connectivity index (χ3n) is 4.99. The number of rotatable bonds is 9. The zero-order valence-electron chi connectivity index (χ0n) is 15.7. The highest BCUT2D eigenvalue weighted by atomic mass is 79.9. The third kappa shape index (κ3) is 4.45. The van der Waals surface area contributed by atoms with Gasteiger partial charge in [-0.05, 0) is 25.0 Å². The molecule has 152 valence electrons. The first-order chi connectivity index (χ1) is 13.9. The van der Waals surface area contributed by atoms with Crippen molar-refractivity contribution >= 4 is 33.5 Å². The predicted octanol–water partition coefficient (Wildman–Crippen LogP) is 5.21. The molecular formula is C22H20BrF2NO3. The number of amides is 2. The number of ketones is 1. The van der Waals surface area contributed by atoms with Crippen molar-refractivity contribution in [2.45, 2.75) is 31.6 Å². The number of hydrogen-bond acceptors (Lipinski definition) is 3. The maximum Gasteiger partial charge on any atom is 0.273 e. The van der Waals surface area contributed by atoms with Crippen LogP contribution in [0, 0.1) is 0 Å². The van der Waals surface area contributed by atoms with E-state index < -0.39 is 12.3 Å². The molecule has 29 heavy (non-hydrogen) atoms. The molecule has 2 aromatic carbocycles. The van der Waals surface area contributed by atoms with Crippen LogP contribution in [-0.2, 0) is 5.92 Å². The van der Waals surface area contributed by atoms with E-state index in [0.29, 0.717) is 24.0 Å².